The quantitative estimate of drug-likeness (QED) is 0.722. The van der Waals surface area contributed by atoms with E-state index in [-0.39, 0.29) is 31.2 Å². The summed E-state index contributed by atoms with van der Waals surface area (Å²) in [6, 6.07) is 8.20. The van der Waals surface area contributed by atoms with Gasteiger partial charge in [-0.2, -0.15) is 0 Å². The molecule has 0 spiro atoms. The lowest BCUT2D eigenvalue weighted by molar-refractivity contribution is -0.119. The molecule has 1 fully saturated rings. The van der Waals surface area contributed by atoms with E-state index >= 15 is 0 Å². The van der Waals surface area contributed by atoms with Crippen molar-refractivity contribution in [1.82, 2.24) is 10.0 Å². The summed E-state index contributed by atoms with van der Waals surface area (Å²) in [5, 5.41) is 6.15. The van der Waals surface area contributed by atoms with Crippen LogP contribution in [0.1, 0.15) is 43.6 Å². The third kappa shape index (κ3) is 6.19. The minimum Gasteiger partial charge on any atom is -0.376 e. The normalized spacial score (nSPS) is 27.1. The molecule has 1 aromatic carbocycles. The van der Waals surface area contributed by atoms with Gasteiger partial charge in [-0.15, -0.1) is 0 Å². The molecule has 4 rings (SSSR count). The number of anilines is 1. The number of fused-ring (bicyclic) bond motifs is 9. The van der Waals surface area contributed by atoms with E-state index in [4.69, 9.17) is 4.74 Å². The van der Waals surface area contributed by atoms with Crippen molar-refractivity contribution in [1.29, 1.82) is 0 Å². The van der Waals surface area contributed by atoms with Gasteiger partial charge in [-0.05, 0) is 49.7 Å². The van der Waals surface area contributed by atoms with Gasteiger partial charge in [0.05, 0.1) is 25.0 Å². The smallest absolute Gasteiger partial charge is 0.239 e. The lowest BCUT2D eigenvalue weighted by Crippen LogP contribution is -2.39. The standard InChI is InChI=1S/C19H29N3O4S/c1-27(24,25)22-12-16-10-11-20-19(23)13-21-18-5-3-2-4-17(18)14-6-8-15(26-16)9-7-14/h2-5,14-16,21-22H,6-13H2,1H3,(H,20,23). The summed E-state index contributed by atoms with van der Waals surface area (Å²) in [4.78, 5) is 12.1. The molecule has 2 bridgehead atoms. The van der Waals surface area contributed by atoms with Crippen molar-refractivity contribution >= 4 is 21.6 Å². The molecule has 3 aliphatic rings. The summed E-state index contributed by atoms with van der Waals surface area (Å²) in [6.45, 7) is 0.906. The molecule has 1 aliphatic carbocycles. The number of nitrogens with one attached hydrogen (secondary N) is 3. The zero-order valence-corrected chi connectivity index (χ0v) is 16.6. The van der Waals surface area contributed by atoms with Crippen molar-refractivity contribution in [3.8, 4) is 0 Å². The first kappa shape index (κ1) is 20.1. The van der Waals surface area contributed by atoms with Crippen LogP contribution in [0.25, 0.3) is 0 Å². The Balaban J connectivity index is 1.72. The minimum absolute atomic E-state index is 0.0816. The Labute approximate surface area is 161 Å². The highest BCUT2D eigenvalue weighted by Gasteiger charge is 2.27. The van der Waals surface area contributed by atoms with Crippen molar-refractivity contribution in [2.75, 3.05) is 31.2 Å². The molecular weight excluding hydrogens is 366 g/mol. The number of amides is 1. The third-order valence-corrected chi connectivity index (χ3v) is 5.95. The Bertz CT molecular complexity index is 745. The highest BCUT2D eigenvalue weighted by Crippen LogP contribution is 2.37. The van der Waals surface area contributed by atoms with Crippen molar-refractivity contribution < 1.29 is 17.9 Å². The fourth-order valence-electron chi connectivity index (χ4n) is 3.87. The zero-order chi connectivity index (χ0) is 19.3. The van der Waals surface area contributed by atoms with E-state index in [0.29, 0.717) is 18.9 Å². The molecule has 0 saturated heterocycles. The molecule has 1 saturated carbocycles. The maximum atomic E-state index is 12.1. The van der Waals surface area contributed by atoms with E-state index in [1.807, 2.05) is 18.2 Å². The molecule has 2 aliphatic heterocycles. The van der Waals surface area contributed by atoms with Crippen LogP contribution >= 0.6 is 0 Å². The van der Waals surface area contributed by atoms with E-state index in [0.717, 1.165) is 37.6 Å². The van der Waals surface area contributed by atoms with E-state index in [1.165, 1.54) is 5.56 Å². The van der Waals surface area contributed by atoms with Crippen LogP contribution in [0, 0.1) is 0 Å². The number of rotatable bonds is 3. The number of sulfonamides is 1. The van der Waals surface area contributed by atoms with Crippen LogP contribution in [0.2, 0.25) is 0 Å². The molecule has 27 heavy (non-hydrogen) atoms. The van der Waals surface area contributed by atoms with Crippen LogP contribution in [0.3, 0.4) is 0 Å². The van der Waals surface area contributed by atoms with Crippen LogP contribution in [0.15, 0.2) is 24.3 Å². The molecule has 7 nitrogen and oxygen atoms in total. The van der Waals surface area contributed by atoms with Crippen LogP contribution in [0.4, 0.5) is 5.69 Å². The number of carbonyl (C=O) groups is 1. The molecule has 1 amide bonds. The first-order valence-electron chi connectivity index (χ1n) is 9.60. The van der Waals surface area contributed by atoms with Gasteiger partial charge in [0.2, 0.25) is 15.9 Å². The highest BCUT2D eigenvalue weighted by atomic mass is 32.2. The van der Waals surface area contributed by atoms with Crippen LogP contribution in [0.5, 0.6) is 0 Å². The molecule has 1 atom stereocenters. The molecule has 1 aromatic rings. The molecule has 1 unspecified atom stereocenters. The van der Waals surface area contributed by atoms with Gasteiger partial charge in [0, 0.05) is 18.8 Å². The lowest BCUT2D eigenvalue weighted by atomic mass is 9.82. The number of carbonyl (C=O) groups excluding carboxylic acids is 1. The van der Waals surface area contributed by atoms with E-state index in [1.54, 1.807) is 0 Å². The van der Waals surface area contributed by atoms with E-state index < -0.39 is 10.0 Å². The molecule has 3 N–H and O–H groups in total. The number of hydrogen-bond donors (Lipinski definition) is 3. The predicted octanol–water partition coefficient (Wildman–Crippen LogP) is 1.58. The van der Waals surface area contributed by atoms with Gasteiger partial charge >= 0.3 is 0 Å². The summed E-state index contributed by atoms with van der Waals surface area (Å²) in [7, 11) is -3.27. The monoisotopic (exact) mass is 395 g/mol. The largest absolute Gasteiger partial charge is 0.376 e. The molecule has 0 aromatic heterocycles. The van der Waals surface area contributed by atoms with Crippen molar-refractivity contribution in [2.24, 2.45) is 0 Å². The second kappa shape index (κ2) is 9.03. The average molecular weight is 396 g/mol. The number of hydrogen-bond acceptors (Lipinski definition) is 5. The SMILES string of the molecule is CS(=O)(=O)NCC1CCNC(=O)CNc2ccccc2C2CCC(CC2)O1. The minimum atomic E-state index is -3.27. The van der Waals surface area contributed by atoms with Crippen molar-refractivity contribution in [3.63, 3.8) is 0 Å². The molecule has 150 valence electrons. The molecule has 8 heteroatoms. The summed E-state index contributed by atoms with van der Waals surface area (Å²) >= 11 is 0. The Hall–Kier alpha value is -1.64. The Morgan fingerprint density at radius 1 is 1.11 bits per heavy atom. The maximum Gasteiger partial charge on any atom is 0.239 e. The first-order chi connectivity index (χ1) is 12.9. The average Bonchev–Trinajstić information content (AvgIpc) is 2.64. The van der Waals surface area contributed by atoms with Crippen LogP contribution < -0.4 is 15.4 Å². The molecular formula is C19H29N3O4S. The first-order valence-corrected chi connectivity index (χ1v) is 11.5. The number of para-hydroxylation sites is 1. The lowest BCUT2D eigenvalue weighted by Gasteiger charge is -2.33. The molecule has 0 radical (unpaired) electrons. The van der Waals surface area contributed by atoms with Gasteiger partial charge in [-0.1, -0.05) is 18.2 Å². The number of benzene rings is 1. The van der Waals surface area contributed by atoms with E-state index in [9.17, 15) is 13.2 Å². The Kier molecular flexibility index (Phi) is 6.73. The van der Waals surface area contributed by atoms with Gasteiger partial charge in [-0.3, -0.25) is 4.79 Å². The van der Waals surface area contributed by atoms with Crippen molar-refractivity contribution in [2.45, 2.75) is 50.2 Å². The highest BCUT2D eigenvalue weighted by molar-refractivity contribution is 7.88. The van der Waals surface area contributed by atoms with Gasteiger partial charge in [0.15, 0.2) is 0 Å². The van der Waals surface area contributed by atoms with Gasteiger partial charge < -0.3 is 15.4 Å². The number of ether oxygens (including phenoxy) is 1. The zero-order valence-electron chi connectivity index (χ0n) is 15.7. The fraction of sp³-hybridized carbons (Fsp3) is 0.632. The Morgan fingerprint density at radius 2 is 1.85 bits per heavy atom. The predicted molar refractivity (Wildman–Crippen MR) is 105 cm³/mol. The summed E-state index contributed by atoms with van der Waals surface area (Å²) in [6.07, 6.45) is 5.58. The fourth-order valence-corrected chi connectivity index (χ4v) is 4.36. The van der Waals surface area contributed by atoms with Gasteiger partial charge in [0.1, 0.15) is 0 Å². The Morgan fingerprint density at radius 3 is 2.59 bits per heavy atom. The van der Waals surface area contributed by atoms with Gasteiger partial charge in [0.25, 0.3) is 0 Å². The molecule has 2 heterocycles. The topological polar surface area (TPSA) is 96.5 Å². The van der Waals surface area contributed by atoms with E-state index in [2.05, 4.69) is 21.4 Å². The summed E-state index contributed by atoms with van der Waals surface area (Å²) in [5.41, 5.74) is 2.29. The van der Waals surface area contributed by atoms with Crippen molar-refractivity contribution in [3.05, 3.63) is 29.8 Å². The summed E-state index contributed by atoms with van der Waals surface area (Å²) in [5.74, 6) is 0.369. The summed E-state index contributed by atoms with van der Waals surface area (Å²) < 4.78 is 31.6. The maximum absolute atomic E-state index is 12.1. The van der Waals surface area contributed by atoms with Crippen LogP contribution in [-0.4, -0.2) is 52.4 Å². The third-order valence-electron chi connectivity index (χ3n) is 5.26. The second-order valence-corrected chi connectivity index (χ2v) is 9.26. The second-order valence-electron chi connectivity index (χ2n) is 7.43. The van der Waals surface area contributed by atoms with Crippen LogP contribution in [-0.2, 0) is 19.6 Å². The van der Waals surface area contributed by atoms with Gasteiger partial charge in [-0.25, -0.2) is 13.1 Å².